The second kappa shape index (κ2) is 50.6. The minimum Gasteiger partial charge on any atom is -0.480 e. The number of amides is 1. The van der Waals surface area contributed by atoms with Crippen LogP contribution in [0.25, 0.3) is 0 Å². The SMILES string of the molecule is CC/C=C\C/C=C\C/C=C\C/C=C\C/C=C\CCCCCCCCCC(=O)NC(COP(=O)(O)OCC(O)COC(=O)CCCCCCCCCCCCCCCCCCCCCCC)C(=O)O. The minimum atomic E-state index is -4.77. The summed E-state index contributed by atoms with van der Waals surface area (Å²) in [5.41, 5.74) is 0. The number of carbonyl (C=O) groups excluding carboxylic acids is 2. The number of esters is 1. The molecule has 0 aliphatic heterocycles. The molecule has 12 heteroatoms. The van der Waals surface area contributed by atoms with E-state index in [1.807, 2.05) is 0 Å². The second-order valence-corrected chi connectivity index (χ2v) is 19.9. The molecule has 0 aromatic heterocycles. The first-order valence-electron chi connectivity index (χ1n) is 27.3. The zero-order chi connectivity index (χ0) is 49.9. The number of ether oxygens (including phenoxy) is 1. The average molecular weight is 978 g/mol. The molecule has 3 unspecified atom stereocenters. The van der Waals surface area contributed by atoms with Crippen LogP contribution in [-0.2, 0) is 32.7 Å². The van der Waals surface area contributed by atoms with Crippen molar-refractivity contribution in [1.82, 2.24) is 5.32 Å². The Kier molecular flexibility index (Phi) is 48.5. The number of nitrogens with one attached hydrogen (secondary N) is 1. The predicted octanol–water partition coefficient (Wildman–Crippen LogP) is 15.5. The van der Waals surface area contributed by atoms with E-state index in [0.29, 0.717) is 12.8 Å². The number of hydrogen-bond donors (Lipinski definition) is 4. The van der Waals surface area contributed by atoms with Crippen LogP contribution in [0.3, 0.4) is 0 Å². The summed E-state index contributed by atoms with van der Waals surface area (Å²) in [7, 11) is -4.77. The molecule has 0 bridgehead atoms. The van der Waals surface area contributed by atoms with Crippen LogP contribution in [0.15, 0.2) is 60.8 Å². The molecule has 0 rings (SSSR count). The van der Waals surface area contributed by atoms with Crippen molar-refractivity contribution in [3.8, 4) is 0 Å². The monoisotopic (exact) mass is 978 g/mol. The standard InChI is InChI=1S/C56H100NO10P/c1-3-5-7-9-11-13-15-17-19-21-23-25-26-28-29-31-33-35-37-39-41-43-45-47-54(59)57-53(56(61)62)51-67-68(63,64)66-50-52(58)49-65-55(60)48-46-44-42-40-38-36-34-32-30-27-24-22-20-18-16-14-12-10-8-6-4-2/h5,7,11,13,17,19,23,25,28-29,52-53,58H,3-4,6,8-10,12,14-16,18,20-22,24,26-27,30-51H2,1-2H3,(H,57,59)(H,61,62)(H,63,64)/b7-5-,13-11-,19-17-,25-23-,29-28-. The van der Waals surface area contributed by atoms with Gasteiger partial charge in [-0.25, -0.2) is 9.36 Å². The Balaban J connectivity index is 3.82. The van der Waals surface area contributed by atoms with E-state index in [1.54, 1.807) is 0 Å². The average Bonchev–Trinajstić information content (AvgIpc) is 3.32. The first kappa shape index (κ1) is 65.2. The van der Waals surface area contributed by atoms with E-state index in [-0.39, 0.29) is 12.8 Å². The van der Waals surface area contributed by atoms with Crippen LogP contribution in [0.2, 0.25) is 0 Å². The highest BCUT2D eigenvalue weighted by Gasteiger charge is 2.28. The maximum Gasteiger partial charge on any atom is 0.472 e. The number of aliphatic hydroxyl groups excluding tert-OH is 1. The van der Waals surface area contributed by atoms with E-state index >= 15 is 0 Å². The maximum atomic E-state index is 12.4. The lowest BCUT2D eigenvalue weighted by Gasteiger charge is -2.18. The van der Waals surface area contributed by atoms with E-state index in [9.17, 15) is 34.1 Å². The molecule has 0 saturated carbocycles. The number of aliphatic hydroxyl groups is 1. The van der Waals surface area contributed by atoms with Gasteiger partial charge in [-0.3, -0.25) is 18.6 Å². The van der Waals surface area contributed by atoms with Crippen LogP contribution in [0, 0.1) is 0 Å². The van der Waals surface area contributed by atoms with Crippen molar-refractivity contribution < 1.29 is 47.8 Å². The summed E-state index contributed by atoms with van der Waals surface area (Å²) in [5, 5.41) is 22.0. The number of allylic oxidation sites excluding steroid dienone is 10. The maximum absolute atomic E-state index is 12.4. The Hall–Kier alpha value is -2.82. The molecule has 1 amide bonds. The summed E-state index contributed by atoms with van der Waals surface area (Å²) in [4.78, 5) is 46.2. The summed E-state index contributed by atoms with van der Waals surface area (Å²) in [6.07, 6.45) is 61.0. The highest BCUT2D eigenvalue weighted by atomic mass is 31.2. The van der Waals surface area contributed by atoms with Crippen LogP contribution in [0.1, 0.15) is 245 Å². The molecular formula is C56H100NO10P. The fourth-order valence-corrected chi connectivity index (χ4v) is 8.41. The number of carbonyl (C=O) groups is 3. The Morgan fingerprint density at radius 2 is 0.853 bits per heavy atom. The van der Waals surface area contributed by atoms with Gasteiger partial charge in [-0.05, 0) is 57.8 Å². The van der Waals surface area contributed by atoms with Crippen LogP contribution in [-0.4, -0.2) is 64.9 Å². The highest BCUT2D eigenvalue weighted by Crippen LogP contribution is 2.43. The highest BCUT2D eigenvalue weighted by molar-refractivity contribution is 7.47. The molecule has 68 heavy (non-hydrogen) atoms. The van der Waals surface area contributed by atoms with E-state index in [0.717, 1.165) is 96.3 Å². The second-order valence-electron chi connectivity index (χ2n) is 18.4. The van der Waals surface area contributed by atoms with Crippen molar-refractivity contribution in [2.75, 3.05) is 19.8 Å². The molecule has 3 atom stereocenters. The van der Waals surface area contributed by atoms with Crippen LogP contribution in [0.4, 0.5) is 0 Å². The molecule has 0 aromatic carbocycles. The summed E-state index contributed by atoms with van der Waals surface area (Å²) in [6.45, 7) is 2.52. The lowest BCUT2D eigenvalue weighted by Crippen LogP contribution is -2.43. The van der Waals surface area contributed by atoms with Gasteiger partial charge in [0, 0.05) is 12.8 Å². The minimum absolute atomic E-state index is 0.131. The van der Waals surface area contributed by atoms with Gasteiger partial charge >= 0.3 is 19.8 Å². The zero-order valence-electron chi connectivity index (χ0n) is 43.2. The first-order chi connectivity index (χ1) is 33.1. The van der Waals surface area contributed by atoms with Crippen molar-refractivity contribution in [3.63, 3.8) is 0 Å². The third-order valence-corrected chi connectivity index (χ3v) is 12.8. The van der Waals surface area contributed by atoms with E-state index in [2.05, 4.69) is 79.9 Å². The molecule has 0 fully saturated rings. The van der Waals surface area contributed by atoms with Gasteiger partial charge in [-0.15, -0.1) is 0 Å². The molecule has 0 radical (unpaired) electrons. The third kappa shape index (κ3) is 49.6. The number of hydrogen-bond acceptors (Lipinski definition) is 8. The Morgan fingerprint density at radius 1 is 0.485 bits per heavy atom. The molecule has 0 heterocycles. The Morgan fingerprint density at radius 3 is 1.28 bits per heavy atom. The third-order valence-electron chi connectivity index (χ3n) is 11.8. The van der Waals surface area contributed by atoms with Gasteiger partial charge in [0.2, 0.25) is 5.91 Å². The molecule has 0 aromatic rings. The number of rotatable bonds is 51. The molecule has 394 valence electrons. The molecule has 4 N–H and O–H groups in total. The van der Waals surface area contributed by atoms with Gasteiger partial charge in [0.15, 0.2) is 6.04 Å². The van der Waals surface area contributed by atoms with Gasteiger partial charge in [-0.1, -0.05) is 235 Å². The molecule has 11 nitrogen and oxygen atoms in total. The van der Waals surface area contributed by atoms with Crippen LogP contribution < -0.4 is 5.32 Å². The number of carboxylic acid groups (broad SMARTS) is 1. The normalized spacial score (nSPS) is 13.9. The number of aliphatic carboxylic acids is 1. The van der Waals surface area contributed by atoms with Gasteiger partial charge in [0.05, 0.1) is 13.2 Å². The van der Waals surface area contributed by atoms with Gasteiger partial charge in [0.25, 0.3) is 0 Å². The summed E-state index contributed by atoms with van der Waals surface area (Å²) in [6, 6.07) is -1.56. The van der Waals surface area contributed by atoms with Crippen molar-refractivity contribution in [3.05, 3.63) is 60.8 Å². The quantitative estimate of drug-likeness (QED) is 0.0199. The predicted molar refractivity (Wildman–Crippen MR) is 282 cm³/mol. The van der Waals surface area contributed by atoms with Crippen molar-refractivity contribution in [2.24, 2.45) is 0 Å². The number of carboxylic acids is 1. The summed E-state index contributed by atoms with van der Waals surface area (Å²) in [5.74, 6) is -2.38. The lowest BCUT2D eigenvalue weighted by atomic mass is 10.0. The summed E-state index contributed by atoms with van der Waals surface area (Å²) >= 11 is 0. The van der Waals surface area contributed by atoms with E-state index < -0.39 is 57.6 Å². The topological polar surface area (TPSA) is 169 Å². The molecular weight excluding hydrogens is 878 g/mol. The van der Waals surface area contributed by atoms with E-state index in [4.69, 9.17) is 13.8 Å². The van der Waals surface area contributed by atoms with Crippen molar-refractivity contribution in [2.45, 2.75) is 257 Å². The number of phosphoric ester groups is 1. The molecule has 0 saturated heterocycles. The lowest BCUT2D eigenvalue weighted by molar-refractivity contribution is -0.147. The first-order valence-corrected chi connectivity index (χ1v) is 28.8. The Bertz CT molecular complexity index is 1380. The van der Waals surface area contributed by atoms with Crippen LogP contribution in [0.5, 0.6) is 0 Å². The Labute approximate surface area is 415 Å². The number of unbranched alkanes of at least 4 members (excludes halogenated alkanes) is 27. The zero-order valence-corrected chi connectivity index (χ0v) is 44.0. The molecule has 0 aliphatic carbocycles. The summed E-state index contributed by atoms with van der Waals surface area (Å²) < 4.78 is 27.0. The largest absolute Gasteiger partial charge is 0.480 e. The van der Waals surface area contributed by atoms with Crippen molar-refractivity contribution >= 4 is 25.7 Å². The smallest absolute Gasteiger partial charge is 0.472 e. The molecule has 0 aliphatic rings. The van der Waals surface area contributed by atoms with Gasteiger partial charge in [0.1, 0.15) is 12.7 Å². The van der Waals surface area contributed by atoms with Crippen LogP contribution >= 0.6 is 7.82 Å². The fraction of sp³-hybridized carbons (Fsp3) is 0.768. The van der Waals surface area contributed by atoms with Gasteiger partial charge in [-0.2, -0.15) is 0 Å². The van der Waals surface area contributed by atoms with Gasteiger partial charge < -0.3 is 25.2 Å². The number of phosphoric acid groups is 1. The molecule has 0 spiro atoms. The van der Waals surface area contributed by atoms with Crippen molar-refractivity contribution in [1.29, 1.82) is 0 Å². The van der Waals surface area contributed by atoms with E-state index in [1.165, 1.54) is 109 Å². The fourth-order valence-electron chi connectivity index (χ4n) is 7.64.